The number of hydrogen-bond acceptors (Lipinski definition) is 6. The highest BCUT2D eigenvalue weighted by Gasteiger charge is 2.61. The van der Waals surface area contributed by atoms with Crippen molar-refractivity contribution < 1.29 is 19.5 Å². The van der Waals surface area contributed by atoms with E-state index in [9.17, 15) is 19.5 Å². The summed E-state index contributed by atoms with van der Waals surface area (Å²) >= 11 is 1.43. The third kappa shape index (κ3) is 2.05. The second kappa shape index (κ2) is 4.97. The Morgan fingerprint density at radius 3 is 2.91 bits per heavy atom. The third-order valence-corrected chi connectivity index (χ3v) is 5.54. The van der Waals surface area contributed by atoms with E-state index in [2.05, 4.69) is 15.6 Å². The molecule has 2 aliphatic heterocycles. The van der Waals surface area contributed by atoms with Crippen LogP contribution in [-0.2, 0) is 16.1 Å². The van der Waals surface area contributed by atoms with E-state index in [-0.39, 0.29) is 29.4 Å². The molecule has 0 radical (unpaired) electrons. The van der Waals surface area contributed by atoms with E-state index in [1.165, 1.54) is 34.6 Å². The molecule has 0 spiro atoms. The van der Waals surface area contributed by atoms with E-state index in [0.717, 1.165) is 0 Å². The van der Waals surface area contributed by atoms with Gasteiger partial charge in [-0.3, -0.25) is 9.59 Å². The molecule has 3 rings (SSSR count). The minimum atomic E-state index is -1.05. The molecule has 3 unspecified atom stereocenters. The highest BCUT2D eigenvalue weighted by Crippen LogP contribution is 2.51. The number of carboxylic acid groups (broad SMARTS) is 1. The molecule has 3 heterocycles. The molecule has 0 aliphatic carbocycles. The molecule has 2 fully saturated rings. The number of β-lactam (4-membered cyclic amide) rings is 1. The predicted octanol–water partition coefficient (Wildman–Crippen LogP) is -0.845. The third-order valence-electron chi connectivity index (χ3n) is 3.98. The number of aromatic nitrogens is 3. The van der Waals surface area contributed by atoms with Crippen LogP contribution in [0.4, 0.5) is 0 Å². The minimum absolute atomic E-state index is 0.120. The van der Waals surface area contributed by atoms with Gasteiger partial charge in [-0.2, -0.15) is 0 Å². The van der Waals surface area contributed by atoms with Crippen LogP contribution in [0, 0.1) is 0 Å². The first-order valence-electron chi connectivity index (χ1n) is 6.70. The molecule has 10 heteroatoms. The Bertz CT molecular complexity index is 662. The fraction of sp³-hybridized carbons (Fsp3) is 0.583. The van der Waals surface area contributed by atoms with Gasteiger partial charge in [0.1, 0.15) is 11.7 Å². The van der Waals surface area contributed by atoms with Crippen molar-refractivity contribution in [1.29, 1.82) is 0 Å². The van der Waals surface area contributed by atoms with Crippen LogP contribution in [0.2, 0.25) is 0 Å². The van der Waals surface area contributed by atoms with Crippen LogP contribution < -0.4 is 5.32 Å². The van der Waals surface area contributed by atoms with Gasteiger partial charge in [0.2, 0.25) is 5.91 Å². The monoisotopic (exact) mass is 325 g/mol. The fourth-order valence-electron chi connectivity index (χ4n) is 2.96. The van der Waals surface area contributed by atoms with Crippen LogP contribution >= 0.6 is 11.8 Å². The highest BCUT2D eigenvalue weighted by atomic mass is 32.2. The van der Waals surface area contributed by atoms with Gasteiger partial charge < -0.3 is 15.3 Å². The second-order valence-electron chi connectivity index (χ2n) is 5.49. The molecule has 22 heavy (non-hydrogen) atoms. The van der Waals surface area contributed by atoms with Gasteiger partial charge in [-0.05, 0) is 6.92 Å². The zero-order valence-corrected chi connectivity index (χ0v) is 12.8. The number of nitrogens with zero attached hydrogens (tertiary/aromatic N) is 4. The maximum Gasteiger partial charge on any atom is 0.327 e. The van der Waals surface area contributed by atoms with E-state index in [1.807, 2.05) is 0 Å². The Morgan fingerprint density at radius 1 is 1.59 bits per heavy atom. The topological polar surface area (TPSA) is 117 Å². The van der Waals surface area contributed by atoms with Crippen molar-refractivity contribution in [2.24, 2.45) is 0 Å². The lowest BCUT2D eigenvalue weighted by Gasteiger charge is -2.36. The van der Waals surface area contributed by atoms with Gasteiger partial charge in [-0.25, -0.2) is 9.48 Å². The molecule has 2 amide bonds. The van der Waals surface area contributed by atoms with E-state index < -0.39 is 16.8 Å². The van der Waals surface area contributed by atoms with Crippen molar-refractivity contribution in [1.82, 2.24) is 25.2 Å². The summed E-state index contributed by atoms with van der Waals surface area (Å²) in [5.74, 6) is -1.55. The van der Waals surface area contributed by atoms with E-state index >= 15 is 0 Å². The van der Waals surface area contributed by atoms with Crippen LogP contribution in [0.25, 0.3) is 0 Å². The Balaban J connectivity index is 1.90. The quantitative estimate of drug-likeness (QED) is 0.693. The van der Waals surface area contributed by atoms with Crippen LogP contribution in [0.15, 0.2) is 6.20 Å². The Labute approximate surface area is 130 Å². The van der Waals surface area contributed by atoms with Crippen molar-refractivity contribution in [3.8, 4) is 0 Å². The van der Waals surface area contributed by atoms with Gasteiger partial charge in [0.05, 0.1) is 29.3 Å². The molecule has 1 aromatic heterocycles. The first-order valence-corrected chi connectivity index (χ1v) is 7.57. The summed E-state index contributed by atoms with van der Waals surface area (Å²) in [5, 5.41) is 19.5. The first-order chi connectivity index (χ1) is 10.4. The number of fused-ring (bicyclic) bond motifs is 1. The number of carboxylic acids is 1. The van der Waals surface area contributed by atoms with Gasteiger partial charge in [0.15, 0.2) is 0 Å². The molecular weight excluding hydrogens is 310 g/mol. The molecule has 0 saturated carbocycles. The molecule has 1 aromatic rings. The van der Waals surface area contributed by atoms with Gasteiger partial charge in [-0.1, -0.05) is 5.21 Å². The number of rotatable bonds is 4. The summed E-state index contributed by atoms with van der Waals surface area (Å²) in [6.07, 6.45) is 1.68. The average molecular weight is 325 g/mol. The average Bonchev–Trinajstić information content (AvgIpc) is 2.98. The zero-order chi connectivity index (χ0) is 16.1. The summed E-state index contributed by atoms with van der Waals surface area (Å²) in [6.45, 7) is 1.95. The molecule has 0 bridgehead atoms. The summed E-state index contributed by atoms with van der Waals surface area (Å²) in [4.78, 5) is 36.5. The lowest BCUT2D eigenvalue weighted by molar-refractivity contribution is -0.157. The van der Waals surface area contributed by atoms with Crippen molar-refractivity contribution in [2.45, 2.75) is 36.1 Å². The standard InChI is InChI=1S/C12H15N5O4S/c1-12(5-16-6(4-14-15-16)10(19)13-2)9(11(20)21)17-7(18)3-8(17)22-12/h4,8-9H,3,5H2,1-2H3,(H,13,19)(H,20,21). The van der Waals surface area contributed by atoms with Crippen molar-refractivity contribution in [2.75, 3.05) is 7.05 Å². The second-order valence-corrected chi connectivity index (χ2v) is 7.20. The van der Waals surface area contributed by atoms with Gasteiger partial charge in [0.25, 0.3) is 5.91 Å². The summed E-state index contributed by atoms with van der Waals surface area (Å²) in [6, 6.07) is -0.939. The molecule has 3 atom stereocenters. The van der Waals surface area contributed by atoms with Crippen LogP contribution in [0.1, 0.15) is 23.8 Å². The number of carbonyl (C=O) groups is 3. The van der Waals surface area contributed by atoms with Crippen molar-refractivity contribution in [3.05, 3.63) is 11.9 Å². The predicted molar refractivity (Wildman–Crippen MR) is 76.1 cm³/mol. The molecule has 2 N–H and O–H groups in total. The van der Waals surface area contributed by atoms with Crippen molar-refractivity contribution >= 4 is 29.5 Å². The number of nitrogens with one attached hydrogen (secondary N) is 1. The Hall–Kier alpha value is -2.10. The lowest BCUT2D eigenvalue weighted by atomic mass is 9.96. The summed E-state index contributed by atoms with van der Waals surface area (Å²) < 4.78 is 0.608. The zero-order valence-electron chi connectivity index (χ0n) is 12.0. The van der Waals surface area contributed by atoms with Crippen LogP contribution in [0.3, 0.4) is 0 Å². The maximum atomic E-state index is 11.8. The molecule has 0 aromatic carbocycles. The fourth-order valence-corrected chi connectivity index (χ4v) is 4.70. The van der Waals surface area contributed by atoms with Crippen molar-refractivity contribution in [3.63, 3.8) is 0 Å². The van der Waals surface area contributed by atoms with Gasteiger partial charge in [0, 0.05) is 7.05 Å². The van der Waals surface area contributed by atoms with E-state index in [0.29, 0.717) is 6.42 Å². The highest BCUT2D eigenvalue weighted by molar-refractivity contribution is 8.01. The smallest absolute Gasteiger partial charge is 0.327 e. The Morgan fingerprint density at radius 2 is 2.32 bits per heavy atom. The lowest BCUT2D eigenvalue weighted by Crippen LogP contribution is -2.58. The number of carbonyl (C=O) groups excluding carboxylic acids is 2. The van der Waals surface area contributed by atoms with Gasteiger partial charge >= 0.3 is 5.97 Å². The SMILES string of the molecule is CNC(=O)c1cnnn1CC1(C)SC2CC(=O)N2C1C(=O)O. The molecular formula is C12H15N5O4S. The minimum Gasteiger partial charge on any atom is -0.480 e. The number of hydrogen-bond donors (Lipinski definition) is 2. The molecule has 2 aliphatic rings. The first kappa shape index (κ1) is 14.8. The van der Waals surface area contributed by atoms with E-state index in [4.69, 9.17) is 0 Å². The van der Waals surface area contributed by atoms with Crippen LogP contribution in [-0.4, -0.2) is 66.0 Å². The largest absolute Gasteiger partial charge is 0.480 e. The summed E-state index contributed by atoms with van der Waals surface area (Å²) in [7, 11) is 1.50. The maximum absolute atomic E-state index is 11.8. The number of amides is 2. The molecule has 118 valence electrons. The normalized spacial score (nSPS) is 29.9. The number of aliphatic carboxylic acids is 1. The van der Waals surface area contributed by atoms with Gasteiger partial charge in [-0.15, -0.1) is 16.9 Å². The molecule has 2 saturated heterocycles. The van der Waals surface area contributed by atoms with Crippen LogP contribution in [0.5, 0.6) is 0 Å². The number of thioether (sulfide) groups is 1. The summed E-state index contributed by atoms with van der Waals surface area (Å²) in [5.41, 5.74) is 0.258. The van der Waals surface area contributed by atoms with E-state index in [1.54, 1.807) is 6.92 Å². The molecule has 9 nitrogen and oxygen atoms in total. The Kier molecular flexibility index (Phi) is 3.35.